The smallest absolute Gasteiger partial charge is 0.307 e. The molecule has 3 aromatic rings. The molecule has 7 nitrogen and oxygen atoms in total. The number of aryl methyl sites for hydroxylation is 2. The maximum atomic E-state index is 12.1. The van der Waals surface area contributed by atoms with Gasteiger partial charge < -0.3 is 5.32 Å². The van der Waals surface area contributed by atoms with E-state index in [1.807, 2.05) is 44.3 Å². The Kier molecular flexibility index (Phi) is 5.13. The summed E-state index contributed by atoms with van der Waals surface area (Å²) in [6.45, 7) is 6.23. The molecule has 0 bridgehead atoms. The predicted octanol–water partition coefficient (Wildman–Crippen LogP) is 4.31. The molecule has 3 rings (SSSR count). The zero-order chi connectivity index (χ0) is 18.8. The molecule has 0 atom stereocenters. The van der Waals surface area contributed by atoms with Gasteiger partial charge in [0.15, 0.2) is 5.65 Å². The van der Waals surface area contributed by atoms with Crippen molar-refractivity contribution < 1.29 is 4.79 Å². The number of pyridine rings is 1. The number of carbonyl (C=O) groups excluding carboxylic acids is 1. The molecule has 8 heteroatoms. The fourth-order valence-electron chi connectivity index (χ4n) is 2.85. The summed E-state index contributed by atoms with van der Waals surface area (Å²) in [6, 6.07) is 8.94. The molecule has 2 aromatic heterocycles. The van der Waals surface area contributed by atoms with Gasteiger partial charge >= 0.3 is 6.03 Å². The number of nitrogens with one attached hydrogen (secondary N) is 3. The molecule has 0 saturated heterocycles. The van der Waals surface area contributed by atoms with Crippen molar-refractivity contribution in [1.82, 2.24) is 20.2 Å². The molecule has 0 radical (unpaired) electrons. The van der Waals surface area contributed by atoms with Gasteiger partial charge in [-0.05, 0) is 42.7 Å². The third kappa shape index (κ3) is 3.80. The number of rotatable bonds is 4. The Hall–Kier alpha value is -2.61. The summed E-state index contributed by atoms with van der Waals surface area (Å²) >= 11 is 3.38. The normalized spacial score (nSPS) is 11.0. The number of benzene rings is 1. The van der Waals surface area contributed by atoms with Crippen LogP contribution in [0.15, 0.2) is 34.8 Å². The first-order valence-electron chi connectivity index (χ1n) is 8.28. The van der Waals surface area contributed by atoms with Gasteiger partial charge in [0.25, 0.3) is 0 Å². The largest absolute Gasteiger partial charge is 0.337 e. The summed E-state index contributed by atoms with van der Waals surface area (Å²) in [7, 11) is 1.86. The number of anilines is 2. The first-order valence-corrected chi connectivity index (χ1v) is 9.07. The summed E-state index contributed by atoms with van der Waals surface area (Å²) in [5.74, 6) is 0.869. The molecule has 0 unspecified atom stereocenters. The Morgan fingerprint density at radius 2 is 2.04 bits per heavy atom. The fraction of sp³-hybridized carbons (Fsp3) is 0.278. The van der Waals surface area contributed by atoms with E-state index in [1.54, 1.807) is 4.68 Å². The van der Waals surface area contributed by atoms with Gasteiger partial charge in [0, 0.05) is 22.6 Å². The molecule has 0 fully saturated rings. The summed E-state index contributed by atoms with van der Waals surface area (Å²) in [5.41, 5.74) is 9.05. The minimum Gasteiger partial charge on any atom is -0.307 e. The maximum absolute atomic E-state index is 12.1. The average Bonchev–Trinajstić information content (AvgIpc) is 2.86. The van der Waals surface area contributed by atoms with Crippen LogP contribution in [0.3, 0.4) is 0 Å². The molecular formula is C18H21BrN6O. The number of halogens is 1. The lowest BCUT2D eigenvalue weighted by molar-refractivity contribution is 0.254. The van der Waals surface area contributed by atoms with Crippen LogP contribution in [0.25, 0.3) is 11.0 Å². The van der Waals surface area contributed by atoms with Crippen molar-refractivity contribution in [2.24, 2.45) is 7.05 Å². The molecule has 136 valence electrons. The second-order valence-electron chi connectivity index (χ2n) is 6.37. The van der Waals surface area contributed by atoms with E-state index in [2.05, 4.69) is 56.0 Å². The second kappa shape index (κ2) is 7.33. The minimum atomic E-state index is -0.378. The van der Waals surface area contributed by atoms with Gasteiger partial charge in [0.05, 0.1) is 5.69 Å². The van der Waals surface area contributed by atoms with Crippen LogP contribution in [0.4, 0.5) is 16.3 Å². The van der Waals surface area contributed by atoms with Crippen LogP contribution >= 0.6 is 15.9 Å². The Labute approximate surface area is 160 Å². The monoisotopic (exact) mass is 416 g/mol. The lowest BCUT2D eigenvalue weighted by atomic mass is 10.00. The van der Waals surface area contributed by atoms with Crippen LogP contribution < -0.4 is 16.2 Å². The second-order valence-corrected chi connectivity index (χ2v) is 7.29. The molecule has 0 spiro atoms. The van der Waals surface area contributed by atoms with Gasteiger partial charge in [-0.2, -0.15) is 5.10 Å². The Morgan fingerprint density at radius 1 is 1.27 bits per heavy atom. The molecule has 3 N–H and O–H groups in total. The summed E-state index contributed by atoms with van der Waals surface area (Å²) in [5, 5.41) is 8.27. The van der Waals surface area contributed by atoms with Gasteiger partial charge in [-0.1, -0.05) is 35.8 Å². The lowest BCUT2D eigenvalue weighted by Crippen LogP contribution is -2.34. The third-order valence-electron chi connectivity index (χ3n) is 4.01. The molecule has 26 heavy (non-hydrogen) atoms. The van der Waals surface area contributed by atoms with Crippen LogP contribution in [-0.2, 0) is 7.05 Å². The summed E-state index contributed by atoms with van der Waals surface area (Å²) in [6.07, 6.45) is 0. The fourth-order valence-corrected chi connectivity index (χ4v) is 3.25. The van der Waals surface area contributed by atoms with Crippen LogP contribution in [-0.4, -0.2) is 20.8 Å². The summed E-state index contributed by atoms with van der Waals surface area (Å²) in [4.78, 5) is 16.7. The van der Waals surface area contributed by atoms with E-state index in [9.17, 15) is 4.79 Å². The molecule has 0 aliphatic heterocycles. The van der Waals surface area contributed by atoms with Crippen molar-refractivity contribution in [3.05, 3.63) is 46.1 Å². The molecule has 0 aliphatic carbocycles. The summed E-state index contributed by atoms with van der Waals surface area (Å²) < 4.78 is 2.65. The van der Waals surface area contributed by atoms with Crippen molar-refractivity contribution in [2.45, 2.75) is 26.7 Å². The van der Waals surface area contributed by atoms with Crippen LogP contribution in [0.1, 0.15) is 31.0 Å². The topological polar surface area (TPSA) is 83.9 Å². The van der Waals surface area contributed by atoms with Gasteiger partial charge in [-0.25, -0.2) is 9.78 Å². The number of urea groups is 1. The van der Waals surface area contributed by atoms with Gasteiger partial charge in [0.1, 0.15) is 5.82 Å². The van der Waals surface area contributed by atoms with Crippen molar-refractivity contribution in [1.29, 1.82) is 0 Å². The van der Waals surface area contributed by atoms with Crippen molar-refractivity contribution in [3.8, 4) is 0 Å². The van der Waals surface area contributed by atoms with E-state index in [-0.39, 0.29) is 6.03 Å². The Morgan fingerprint density at radius 3 is 2.73 bits per heavy atom. The number of carbonyl (C=O) groups is 1. The van der Waals surface area contributed by atoms with E-state index in [1.165, 1.54) is 0 Å². The molecule has 2 amide bonds. The van der Waals surface area contributed by atoms with E-state index in [0.29, 0.717) is 17.4 Å². The number of hydrazine groups is 1. The highest BCUT2D eigenvalue weighted by Crippen LogP contribution is 2.28. The zero-order valence-electron chi connectivity index (χ0n) is 15.1. The molecular weight excluding hydrogens is 396 g/mol. The van der Waals surface area contributed by atoms with Gasteiger partial charge in [-0.15, -0.1) is 0 Å². The standard InChI is InChI=1S/C18H21BrN6O/c1-10(2)14-9-15(21-17-16(14)11(3)24-25(17)4)22-23-18(26)20-13-7-5-6-12(19)8-13/h5-10H,1-4H3,(H,21,22)(H2,20,23,26). The quantitative estimate of drug-likeness (QED) is 0.553. The van der Waals surface area contributed by atoms with Crippen LogP contribution in [0, 0.1) is 6.92 Å². The molecule has 0 saturated carbocycles. The van der Waals surface area contributed by atoms with Crippen LogP contribution in [0.5, 0.6) is 0 Å². The predicted molar refractivity (Wildman–Crippen MR) is 107 cm³/mol. The van der Waals surface area contributed by atoms with Gasteiger partial charge in [0.2, 0.25) is 0 Å². The minimum absolute atomic E-state index is 0.305. The zero-order valence-corrected chi connectivity index (χ0v) is 16.7. The number of fused-ring (bicyclic) bond motifs is 1. The number of amides is 2. The van der Waals surface area contributed by atoms with E-state index in [0.717, 1.165) is 26.8 Å². The number of nitrogens with zero attached hydrogens (tertiary/aromatic N) is 3. The highest BCUT2D eigenvalue weighted by Gasteiger charge is 2.15. The number of hydrogen-bond donors (Lipinski definition) is 3. The lowest BCUT2D eigenvalue weighted by Gasteiger charge is -2.13. The van der Waals surface area contributed by atoms with E-state index in [4.69, 9.17) is 0 Å². The van der Waals surface area contributed by atoms with Gasteiger partial charge in [-0.3, -0.25) is 15.5 Å². The SMILES string of the molecule is Cc1nn(C)c2nc(NNC(=O)Nc3cccc(Br)c3)cc(C(C)C)c12. The van der Waals surface area contributed by atoms with E-state index >= 15 is 0 Å². The first-order chi connectivity index (χ1) is 12.3. The molecule has 1 aromatic carbocycles. The molecule has 0 aliphatic rings. The highest BCUT2D eigenvalue weighted by atomic mass is 79.9. The number of hydrogen-bond acceptors (Lipinski definition) is 4. The van der Waals surface area contributed by atoms with Crippen molar-refractivity contribution in [2.75, 3.05) is 10.7 Å². The maximum Gasteiger partial charge on any atom is 0.337 e. The van der Waals surface area contributed by atoms with Crippen molar-refractivity contribution >= 4 is 44.5 Å². The first kappa shape index (κ1) is 18.2. The highest BCUT2D eigenvalue weighted by molar-refractivity contribution is 9.10. The Bertz CT molecular complexity index is 966. The van der Waals surface area contributed by atoms with Crippen molar-refractivity contribution in [3.63, 3.8) is 0 Å². The third-order valence-corrected chi connectivity index (χ3v) is 4.50. The van der Waals surface area contributed by atoms with E-state index < -0.39 is 0 Å². The Balaban J connectivity index is 1.78. The average molecular weight is 417 g/mol. The number of aromatic nitrogens is 3. The van der Waals surface area contributed by atoms with Crippen LogP contribution in [0.2, 0.25) is 0 Å². The molecule has 2 heterocycles.